The third-order valence-electron chi connectivity index (χ3n) is 4.44. The average molecular weight is 425 g/mol. The third-order valence-corrected chi connectivity index (χ3v) is 5.26. The van der Waals surface area contributed by atoms with E-state index in [4.69, 9.17) is 9.47 Å². The number of thiazole rings is 1. The number of esters is 1. The van der Waals surface area contributed by atoms with Crippen LogP contribution in [-0.2, 0) is 22.6 Å². The highest BCUT2D eigenvalue weighted by atomic mass is 32.1. The Morgan fingerprint density at radius 2 is 1.93 bits per heavy atom. The van der Waals surface area contributed by atoms with Crippen molar-refractivity contribution < 1.29 is 19.1 Å². The summed E-state index contributed by atoms with van der Waals surface area (Å²) in [6.45, 7) is 4.46. The van der Waals surface area contributed by atoms with E-state index >= 15 is 0 Å². The van der Waals surface area contributed by atoms with Crippen molar-refractivity contribution >= 4 is 23.2 Å². The van der Waals surface area contributed by atoms with Crippen LogP contribution in [0.1, 0.15) is 32.2 Å². The van der Waals surface area contributed by atoms with Crippen molar-refractivity contribution in [2.75, 3.05) is 13.2 Å². The van der Waals surface area contributed by atoms with Gasteiger partial charge in [0.1, 0.15) is 12.4 Å². The molecule has 0 atom stereocenters. The first kappa shape index (κ1) is 21.5. The summed E-state index contributed by atoms with van der Waals surface area (Å²) in [6, 6.07) is 14.7. The maximum Gasteiger partial charge on any atom is 0.338 e. The number of carbonyl (C=O) groups is 2. The molecule has 1 heterocycles. The molecular formula is C23H24N2O4S. The smallest absolute Gasteiger partial charge is 0.338 e. The molecule has 3 aromatic rings. The van der Waals surface area contributed by atoms with Crippen LogP contribution in [0.4, 0.5) is 0 Å². The summed E-state index contributed by atoms with van der Waals surface area (Å²) in [6.07, 6.45) is 0.726. The second-order valence-electron chi connectivity index (χ2n) is 6.78. The zero-order valence-electron chi connectivity index (χ0n) is 17.0. The Hall–Kier alpha value is -3.19. The number of hydrogen-bond acceptors (Lipinski definition) is 6. The van der Waals surface area contributed by atoms with Gasteiger partial charge in [-0.1, -0.05) is 30.3 Å². The highest BCUT2D eigenvalue weighted by Crippen LogP contribution is 2.17. The molecule has 0 saturated heterocycles. The quantitative estimate of drug-likeness (QED) is 0.528. The normalized spacial score (nSPS) is 10.5. The summed E-state index contributed by atoms with van der Waals surface area (Å²) >= 11 is 1.56. The number of hydrogen-bond donors (Lipinski definition) is 1. The molecule has 0 unspecified atom stereocenters. The van der Waals surface area contributed by atoms with Gasteiger partial charge in [-0.2, -0.15) is 0 Å². The zero-order valence-corrected chi connectivity index (χ0v) is 17.8. The summed E-state index contributed by atoms with van der Waals surface area (Å²) in [5, 5.41) is 5.68. The van der Waals surface area contributed by atoms with Gasteiger partial charge in [0.25, 0.3) is 5.91 Å². The molecule has 6 nitrogen and oxygen atoms in total. The summed E-state index contributed by atoms with van der Waals surface area (Å²) < 4.78 is 10.8. The van der Waals surface area contributed by atoms with E-state index in [1.54, 1.807) is 35.6 Å². The lowest BCUT2D eigenvalue weighted by atomic mass is 10.1. The van der Waals surface area contributed by atoms with E-state index in [-0.39, 0.29) is 12.5 Å². The number of aryl methyl sites for hydroxylation is 2. The first-order chi connectivity index (χ1) is 14.5. The summed E-state index contributed by atoms with van der Waals surface area (Å²) in [5.41, 5.74) is 3.53. The first-order valence-electron chi connectivity index (χ1n) is 9.63. The standard InChI is InChI=1S/C23H24N2O4S/c1-16-6-3-4-7-18(16)10-11-24-22(26)14-29-23(27)19-8-5-9-21(12-19)28-13-20-15-30-17(2)25-20/h3-9,12,15H,10-11,13-14H2,1-2H3,(H,24,26). The number of ether oxygens (including phenoxy) is 2. The Bertz CT molecular complexity index is 1020. The fourth-order valence-electron chi connectivity index (χ4n) is 2.84. The maximum absolute atomic E-state index is 12.3. The number of benzene rings is 2. The molecule has 0 bridgehead atoms. The number of rotatable bonds is 9. The van der Waals surface area contributed by atoms with Crippen LogP contribution < -0.4 is 10.1 Å². The van der Waals surface area contributed by atoms with Crippen molar-refractivity contribution in [1.29, 1.82) is 0 Å². The molecule has 2 aromatic carbocycles. The van der Waals surface area contributed by atoms with Gasteiger partial charge in [0.2, 0.25) is 0 Å². The van der Waals surface area contributed by atoms with Crippen molar-refractivity contribution in [1.82, 2.24) is 10.3 Å². The van der Waals surface area contributed by atoms with Crippen molar-refractivity contribution in [2.24, 2.45) is 0 Å². The average Bonchev–Trinajstić information content (AvgIpc) is 3.17. The van der Waals surface area contributed by atoms with Crippen LogP contribution in [0.2, 0.25) is 0 Å². The molecule has 1 N–H and O–H groups in total. The topological polar surface area (TPSA) is 77.5 Å². The van der Waals surface area contributed by atoms with Crippen molar-refractivity contribution in [2.45, 2.75) is 26.9 Å². The van der Waals surface area contributed by atoms with Crippen LogP contribution in [0.5, 0.6) is 5.75 Å². The molecular weight excluding hydrogens is 400 g/mol. The minimum Gasteiger partial charge on any atom is -0.487 e. The van der Waals surface area contributed by atoms with Crippen LogP contribution in [0.3, 0.4) is 0 Å². The monoisotopic (exact) mass is 424 g/mol. The van der Waals surface area contributed by atoms with Gasteiger partial charge in [0.15, 0.2) is 6.61 Å². The van der Waals surface area contributed by atoms with Gasteiger partial charge in [-0.3, -0.25) is 4.79 Å². The largest absolute Gasteiger partial charge is 0.487 e. The second kappa shape index (κ2) is 10.5. The lowest BCUT2D eigenvalue weighted by Crippen LogP contribution is -2.30. The van der Waals surface area contributed by atoms with Crippen LogP contribution in [0.15, 0.2) is 53.9 Å². The van der Waals surface area contributed by atoms with E-state index in [9.17, 15) is 9.59 Å². The molecule has 0 fully saturated rings. The Balaban J connectivity index is 1.42. The summed E-state index contributed by atoms with van der Waals surface area (Å²) in [7, 11) is 0. The number of amides is 1. The Morgan fingerprint density at radius 1 is 1.10 bits per heavy atom. The molecule has 1 amide bonds. The number of nitrogens with one attached hydrogen (secondary N) is 1. The molecule has 0 saturated carbocycles. The summed E-state index contributed by atoms with van der Waals surface area (Å²) in [5.74, 6) is -0.361. The van der Waals surface area contributed by atoms with E-state index in [0.717, 1.165) is 17.1 Å². The van der Waals surface area contributed by atoms with Gasteiger partial charge in [0.05, 0.1) is 16.3 Å². The zero-order chi connectivity index (χ0) is 21.3. The fourth-order valence-corrected chi connectivity index (χ4v) is 3.43. The van der Waals surface area contributed by atoms with Gasteiger partial charge in [-0.05, 0) is 49.6 Å². The molecule has 30 heavy (non-hydrogen) atoms. The van der Waals surface area contributed by atoms with Crippen molar-refractivity contribution in [3.05, 3.63) is 81.3 Å². The molecule has 7 heteroatoms. The van der Waals surface area contributed by atoms with Crippen molar-refractivity contribution in [3.8, 4) is 5.75 Å². The summed E-state index contributed by atoms with van der Waals surface area (Å²) in [4.78, 5) is 28.6. The number of carbonyl (C=O) groups excluding carboxylic acids is 2. The predicted octanol–water partition coefficient (Wildman–Crippen LogP) is 3.85. The lowest BCUT2D eigenvalue weighted by molar-refractivity contribution is -0.124. The van der Waals surface area contributed by atoms with E-state index in [0.29, 0.717) is 24.5 Å². The SMILES string of the molecule is Cc1nc(COc2cccc(C(=O)OCC(=O)NCCc3ccccc3C)c2)cs1. The second-order valence-corrected chi connectivity index (χ2v) is 7.84. The first-order valence-corrected chi connectivity index (χ1v) is 10.5. The van der Waals surface area contributed by atoms with Crippen LogP contribution in [-0.4, -0.2) is 30.0 Å². The van der Waals surface area contributed by atoms with Gasteiger partial charge in [-0.15, -0.1) is 11.3 Å². The third kappa shape index (κ3) is 6.42. The maximum atomic E-state index is 12.3. The minimum absolute atomic E-state index is 0.324. The van der Waals surface area contributed by atoms with Crippen molar-refractivity contribution in [3.63, 3.8) is 0 Å². The molecule has 0 aliphatic heterocycles. The minimum atomic E-state index is -0.570. The van der Waals surface area contributed by atoms with Gasteiger partial charge >= 0.3 is 5.97 Å². The lowest BCUT2D eigenvalue weighted by Gasteiger charge is -2.09. The van der Waals surface area contributed by atoms with Gasteiger partial charge < -0.3 is 14.8 Å². The Kier molecular flexibility index (Phi) is 7.57. The predicted molar refractivity (Wildman–Crippen MR) is 116 cm³/mol. The molecule has 0 aliphatic rings. The highest BCUT2D eigenvalue weighted by Gasteiger charge is 2.11. The van der Waals surface area contributed by atoms with E-state index in [2.05, 4.69) is 10.3 Å². The van der Waals surface area contributed by atoms with Gasteiger partial charge in [-0.25, -0.2) is 9.78 Å². The van der Waals surface area contributed by atoms with Crippen LogP contribution in [0.25, 0.3) is 0 Å². The number of nitrogens with zero attached hydrogens (tertiary/aromatic N) is 1. The van der Waals surface area contributed by atoms with E-state index in [1.165, 1.54) is 11.1 Å². The Labute approximate surface area is 179 Å². The number of aromatic nitrogens is 1. The molecule has 3 rings (SSSR count). The molecule has 0 radical (unpaired) electrons. The molecule has 1 aromatic heterocycles. The molecule has 0 spiro atoms. The highest BCUT2D eigenvalue weighted by molar-refractivity contribution is 7.09. The van der Waals surface area contributed by atoms with Crippen LogP contribution in [0, 0.1) is 13.8 Å². The van der Waals surface area contributed by atoms with E-state index < -0.39 is 5.97 Å². The molecule has 156 valence electrons. The fraction of sp³-hybridized carbons (Fsp3) is 0.261. The van der Waals surface area contributed by atoms with Crippen LogP contribution >= 0.6 is 11.3 Å². The van der Waals surface area contributed by atoms with Gasteiger partial charge in [0, 0.05) is 11.9 Å². The molecule has 0 aliphatic carbocycles. The Morgan fingerprint density at radius 3 is 2.70 bits per heavy atom. The van der Waals surface area contributed by atoms with E-state index in [1.807, 2.05) is 43.5 Å².